The SMILES string of the molecule is CCCCCCCCCCCCn1cc[n+](CCCCCCCC)c1CC. The second-order valence-electron chi connectivity index (χ2n) is 8.40. The number of aromatic nitrogens is 2. The van der Waals surface area contributed by atoms with Crippen LogP contribution in [0.3, 0.4) is 0 Å². The van der Waals surface area contributed by atoms with Crippen LogP contribution >= 0.6 is 0 Å². The molecule has 0 aliphatic rings. The van der Waals surface area contributed by atoms with E-state index in [4.69, 9.17) is 0 Å². The fourth-order valence-electron chi connectivity index (χ4n) is 4.14. The molecule has 27 heavy (non-hydrogen) atoms. The number of hydrogen-bond donors (Lipinski definition) is 0. The van der Waals surface area contributed by atoms with Crippen molar-refractivity contribution < 1.29 is 4.57 Å². The number of nitrogens with zero attached hydrogens (tertiary/aromatic N) is 2. The summed E-state index contributed by atoms with van der Waals surface area (Å²) in [7, 11) is 0. The van der Waals surface area contributed by atoms with Crippen molar-refractivity contribution >= 4 is 0 Å². The summed E-state index contributed by atoms with van der Waals surface area (Å²) >= 11 is 0. The summed E-state index contributed by atoms with van der Waals surface area (Å²) in [5, 5.41) is 0. The minimum absolute atomic E-state index is 1.15. The topological polar surface area (TPSA) is 8.81 Å². The highest BCUT2D eigenvalue weighted by Crippen LogP contribution is 2.11. The maximum atomic E-state index is 2.52. The van der Waals surface area contributed by atoms with Gasteiger partial charge in [0.15, 0.2) is 0 Å². The summed E-state index contributed by atoms with van der Waals surface area (Å²) in [4.78, 5) is 0. The largest absolute Gasteiger partial charge is 0.256 e. The summed E-state index contributed by atoms with van der Waals surface area (Å²) in [6, 6.07) is 0. The lowest BCUT2D eigenvalue weighted by Gasteiger charge is -2.05. The van der Waals surface area contributed by atoms with Crippen molar-refractivity contribution in [3.8, 4) is 0 Å². The first-order valence-corrected chi connectivity index (χ1v) is 12.4. The summed E-state index contributed by atoms with van der Waals surface area (Å²) in [5.41, 5.74) is 0. The molecule has 0 N–H and O–H groups in total. The summed E-state index contributed by atoms with van der Waals surface area (Å²) < 4.78 is 5.03. The summed E-state index contributed by atoms with van der Waals surface area (Å²) in [6.07, 6.45) is 28.3. The van der Waals surface area contributed by atoms with Crippen LogP contribution in [0.2, 0.25) is 0 Å². The number of hydrogen-bond acceptors (Lipinski definition) is 0. The Kier molecular flexibility index (Phi) is 15.6. The van der Waals surface area contributed by atoms with Crippen LogP contribution in [-0.4, -0.2) is 4.57 Å². The standard InChI is InChI=1S/C25H49N2/c1-4-7-9-11-13-14-15-16-18-20-22-27-24-23-26(25(27)6-3)21-19-17-12-10-8-5-2/h23-24H,4-22H2,1-3H3/q+1. The van der Waals surface area contributed by atoms with E-state index in [-0.39, 0.29) is 0 Å². The molecule has 0 aliphatic carbocycles. The third kappa shape index (κ3) is 11.6. The molecule has 1 aromatic rings. The van der Waals surface area contributed by atoms with E-state index in [0.29, 0.717) is 0 Å². The van der Waals surface area contributed by atoms with Crippen LogP contribution in [-0.2, 0) is 19.5 Å². The van der Waals surface area contributed by atoms with Crippen LogP contribution in [0, 0.1) is 0 Å². The Morgan fingerprint density at radius 1 is 0.630 bits per heavy atom. The average molecular weight is 378 g/mol. The zero-order valence-corrected chi connectivity index (χ0v) is 19.0. The lowest BCUT2D eigenvalue weighted by Crippen LogP contribution is -2.37. The molecule has 2 nitrogen and oxygen atoms in total. The molecule has 0 saturated carbocycles. The third-order valence-corrected chi connectivity index (χ3v) is 5.91. The number of rotatable bonds is 19. The average Bonchev–Trinajstić information content (AvgIpc) is 3.07. The molecular formula is C25H49N2+. The van der Waals surface area contributed by atoms with Crippen molar-refractivity contribution in [3.05, 3.63) is 18.2 Å². The third-order valence-electron chi connectivity index (χ3n) is 5.91. The van der Waals surface area contributed by atoms with E-state index in [2.05, 4.69) is 42.3 Å². The van der Waals surface area contributed by atoms with E-state index in [1.54, 1.807) is 0 Å². The van der Waals surface area contributed by atoms with Gasteiger partial charge in [0.25, 0.3) is 5.82 Å². The second-order valence-corrected chi connectivity index (χ2v) is 8.40. The van der Waals surface area contributed by atoms with Crippen molar-refractivity contribution in [2.75, 3.05) is 0 Å². The Bertz CT molecular complexity index is 436. The molecule has 0 fully saturated rings. The summed E-state index contributed by atoms with van der Waals surface area (Å²) in [5.74, 6) is 1.53. The molecule has 0 amide bonds. The predicted octanol–water partition coefficient (Wildman–Crippen LogP) is 7.62. The maximum Gasteiger partial charge on any atom is 0.256 e. The van der Waals surface area contributed by atoms with Gasteiger partial charge in [0.2, 0.25) is 0 Å². The number of imidazole rings is 1. The molecule has 0 bridgehead atoms. The molecule has 0 spiro atoms. The highest BCUT2D eigenvalue weighted by molar-refractivity contribution is 4.83. The minimum atomic E-state index is 1.15. The molecule has 158 valence electrons. The lowest BCUT2D eigenvalue weighted by atomic mass is 10.1. The van der Waals surface area contributed by atoms with E-state index in [1.165, 1.54) is 122 Å². The van der Waals surface area contributed by atoms with Crippen molar-refractivity contribution in [2.24, 2.45) is 0 Å². The number of aryl methyl sites for hydroxylation is 2. The van der Waals surface area contributed by atoms with Gasteiger partial charge in [-0.15, -0.1) is 0 Å². The molecule has 0 aromatic carbocycles. The van der Waals surface area contributed by atoms with Gasteiger partial charge >= 0.3 is 0 Å². The fourth-order valence-corrected chi connectivity index (χ4v) is 4.14. The fraction of sp³-hybridized carbons (Fsp3) is 0.880. The first-order valence-electron chi connectivity index (χ1n) is 12.4. The quantitative estimate of drug-likeness (QED) is 0.173. The zero-order valence-electron chi connectivity index (χ0n) is 19.0. The summed E-state index contributed by atoms with van der Waals surface area (Å²) in [6.45, 7) is 9.32. The van der Waals surface area contributed by atoms with Gasteiger partial charge in [-0.25, -0.2) is 9.13 Å². The van der Waals surface area contributed by atoms with Crippen LogP contribution in [0.5, 0.6) is 0 Å². The highest BCUT2D eigenvalue weighted by Gasteiger charge is 2.14. The van der Waals surface area contributed by atoms with Crippen LogP contribution in [0.25, 0.3) is 0 Å². The predicted molar refractivity (Wildman–Crippen MR) is 119 cm³/mol. The van der Waals surface area contributed by atoms with Gasteiger partial charge in [0, 0.05) is 6.42 Å². The van der Waals surface area contributed by atoms with Crippen LogP contribution in [0.4, 0.5) is 0 Å². The molecular weight excluding hydrogens is 328 g/mol. The second kappa shape index (κ2) is 17.3. The van der Waals surface area contributed by atoms with Crippen molar-refractivity contribution in [1.82, 2.24) is 4.57 Å². The van der Waals surface area contributed by atoms with Crippen LogP contribution in [0.15, 0.2) is 12.4 Å². The monoisotopic (exact) mass is 377 g/mol. The Morgan fingerprint density at radius 3 is 1.63 bits per heavy atom. The molecule has 0 aliphatic heterocycles. The molecule has 1 aromatic heterocycles. The van der Waals surface area contributed by atoms with E-state index >= 15 is 0 Å². The Hall–Kier alpha value is -0.790. The minimum Gasteiger partial charge on any atom is -0.234 e. The first kappa shape index (κ1) is 24.2. The Balaban J connectivity index is 2.12. The van der Waals surface area contributed by atoms with Crippen molar-refractivity contribution in [1.29, 1.82) is 0 Å². The number of unbranched alkanes of at least 4 members (excludes halogenated alkanes) is 14. The zero-order chi connectivity index (χ0) is 19.6. The first-order chi connectivity index (χ1) is 13.3. The molecule has 1 heterocycles. The van der Waals surface area contributed by atoms with E-state index in [0.717, 1.165) is 6.42 Å². The Morgan fingerprint density at radius 2 is 1.11 bits per heavy atom. The molecule has 1 rings (SSSR count). The lowest BCUT2D eigenvalue weighted by molar-refractivity contribution is -0.704. The molecule has 0 saturated heterocycles. The van der Waals surface area contributed by atoms with Crippen LogP contribution in [0.1, 0.15) is 129 Å². The van der Waals surface area contributed by atoms with E-state index < -0.39 is 0 Å². The van der Waals surface area contributed by atoms with Gasteiger partial charge < -0.3 is 0 Å². The van der Waals surface area contributed by atoms with Crippen LogP contribution < -0.4 is 4.57 Å². The van der Waals surface area contributed by atoms with Gasteiger partial charge in [-0.05, 0) is 25.7 Å². The van der Waals surface area contributed by atoms with Crippen molar-refractivity contribution in [2.45, 2.75) is 143 Å². The van der Waals surface area contributed by atoms with Gasteiger partial charge in [-0.3, -0.25) is 0 Å². The molecule has 0 unspecified atom stereocenters. The smallest absolute Gasteiger partial charge is 0.234 e. The van der Waals surface area contributed by atoms with Gasteiger partial charge in [-0.2, -0.15) is 0 Å². The van der Waals surface area contributed by atoms with Crippen molar-refractivity contribution in [3.63, 3.8) is 0 Å². The molecule has 0 radical (unpaired) electrons. The van der Waals surface area contributed by atoms with E-state index in [1.807, 2.05) is 0 Å². The normalized spacial score (nSPS) is 11.4. The molecule has 0 atom stereocenters. The highest BCUT2D eigenvalue weighted by atomic mass is 15.1. The van der Waals surface area contributed by atoms with E-state index in [9.17, 15) is 0 Å². The van der Waals surface area contributed by atoms with Gasteiger partial charge in [-0.1, -0.05) is 97.8 Å². The molecule has 2 heteroatoms. The van der Waals surface area contributed by atoms with Gasteiger partial charge in [0.1, 0.15) is 12.4 Å². The maximum absolute atomic E-state index is 2.52. The van der Waals surface area contributed by atoms with Gasteiger partial charge in [0.05, 0.1) is 13.1 Å². The Labute approximate surface area is 170 Å².